The molecule has 0 saturated carbocycles. The van der Waals surface area contributed by atoms with Crippen molar-refractivity contribution < 1.29 is 0 Å². The van der Waals surface area contributed by atoms with Crippen LogP contribution in [0.15, 0.2) is 36.5 Å². The van der Waals surface area contributed by atoms with Gasteiger partial charge in [-0.3, -0.25) is 4.68 Å². The fourth-order valence-electron chi connectivity index (χ4n) is 2.75. The predicted molar refractivity (Wildman–Crippen MR) is 88.6 cm³/mol. The number of aryl methyl sites for hydroxylation is 1. The Kier molecular flexibility index (Phi) is 5.57. The molecule has 0 aliphatic heterocycles. The van der Waals surface area contributed by atoms with Crippen molar-refractivity contribution >= 4 is 0 Å². The van der Waals surface area contributed by atoms with Crippen LogP contribution in [0.1, 0.15) is 36.7 Å². The van der Waals surface area contributed by atoms with Gasteiger partial charge in [0.25, 0.3) is 0 Å². The van der Waals surface area contributed by atoms with Gasteiger partial charge in [0.15, 0.2) is 0 Å². The van der Waals surface area contributed by atoms with Gasteiger partial charge in [-0.05, 0) is 64.8 Å². The van der Waals surface area contributed by atoms with Crippen molar-refractivity contribution in [2.45, 2.75) is 39.7 Å². The molecular formula is C18H27N3. The highest BCUT2D eigenvalue weighted by Crippen LogP contribution is 2.15. The predicted octanol–water partition coefficient (Wildman–Crippen LogP) is 3.39. The molecule has 1 aromatic carbocycles. The van der Waals surface area contributed by atoms with E-state index in [2.05, 4.69) is 67.7 Å². The molecule has 0 saturated heterocycles. The van der Waals surface area contributed by atoms with Crippen molar-refractivity contribution in [2.24, 2.45) is 5.92 Å². The summed E-state index contributed by atoms with van der Waals surface area (Å²) in [4.78, 5) is 0. The van der Waals surface area contributed by atoms with Gasteiger partial charge in [0, 0.05) is 12.2 Å². The SMILES string of the molecule is CNCC(Cc1cccc(C)c1)Cc1ccn(C(C)C)n1. The molecule has 0 amide bonds. The van der Waals surface area contributed by atoms with Crippen molar-refractivity contribution in [2.75, 3.05) is 13.6 Å². The summed E-state index contributed by atoms with van der Waals surface area (Å²) in [6, 6.07) is 11.4. The third kappa shape index (κ3) is 4.71. The maximum absolute atomic E-state index is 4.68. The van der Waals surface area contributed by atoms with Gasteiger partial charge in [0.1, 0.15) is 0 Å². The van der Waals surface area contributed by atoms with Crippen molar-refractivity contribution in [1.29, 1.82) is 0 Å². The van der Waals surface area contributed by atoms with Crippen LogP contribution in [0, 0.1) is 12.8 Å². The molecule has 0 spiro atoms. The summed E-state index contributed by atoms with van der Waals surface area (Å²) in [6.45, 7) is 7.49. The lowest BCUT2D eigenvalue weighted by atomic mass is 9.94. The lowest BCUT2D eigenvalue weighted by Gasteiger charge is -2.16. The standard InChI is InChI=1S/C18H27N3/c1-14(2)21-9-8-18(20-21)12-17(13-19-4)11-16-7-5-6-15(3)10-16/h5-10,14,17,19H,11-13H2,1-4H3. The largest absolute Gasteiger partial charge is 0.319 e. The van der Waals surface area contributed by atoms with Gasteiger partial charge in [-0.2, -0.15) is 5.10 Å². The molecule has 1 atom stereocenters. The molecule has 1 unspecified atom stereocenters. The van der Waals surface area contributed by atoms with Crippen LogP contribution in [0.3, 0.4) is 0 Å². The van der Waals surface area contributed by atoms with Crippen LogP contribution in [-0.2, 0) is 12.8 Å². The summed E-state index contributed by atoms with van der Waals surface area (Å²) in [5, 5.41) is 8.00. The van der Waals surface area contributed by atoms with Crippen LogP contribution >= 0.6 is 0 Å². The zero-order valence-electron chi connectivity index (χ0n) is 13.6. The molecular weight excluding hydrogens is 258 g/mol. The maximum Gasteiger partial charge on any atom is 0.0628 e. The number of rotatable bonds is 7. The Hall–Kier alpha value is -1.61. The Bertz CT molecular complexity index is 557. The van der Waals surface area contributed by atoms with Crippen molar-refractivity contribution in [3.63, 3.8) is 0 Å². The summed E-state index contributed by atoms with van der Waals surface area (Å²) in [7, 11) is 2.02. The minimum Gasteiger partial charge on any atom is -0.319 e. The minimum atomic E-state index is 0.429. The van der Waals surface area contributed by atoms with E-state index in [0.29, 0.717) is 12.0 Å². The van der Waals surface area contributed by atoms with E-state index in [1.807, 2.05) is 11.7 Å². The molecule has 1 N–H and O–H groups in total. The van der Waals surface area contributed by atoms with E-state index in [4.69, 9.17) is 0 Å². The van der Waals surface area contributed by atoms with E-state index < -0.39 is 0 Å². The van der Waals surface area contributed by atoms with Gasteiger partial charge in [-0.25, -0.2) is 0 Å². The Morgan fingerprint density at radius 1 is 1.19 bits per heavy atom. The van der Waals surface area contributed by atoms with Crippen molar-refractivity contribution in [3.05, 3.63) is 53.3 Å². The minimum absolute atomic E-state index is 0.429. The average molecular weight is 285 g/mol. The summed E-state index contributed by atoms with van der Waals surface area (Å²) in [5.74, 6) is 0.576. The van der Waals surface area contributed by atoms with Crippen LogP contribution in [0.5, 0.6) is 0 Å². The molecule has 0 fully saturated rings. The monoisotopic (exact) mass is 285 g/mol. The van der Waals surface area contributed by atoms with Crippen LogP contribution < -0.4 is 5.32 Å². The van der Waals surface area contributed by atoms with Gasteiger partial charge in [0.05, 0.1) is 5.69 Å². The molecule has 1 heterocycles. The zero-order chi connectivity index (χ0) is 15.2. The van der Waals surface area contributed by atoms with Crippen LogP contribution in [0.4, 0.5) is 0 Å². The maximum atomic E-state index is 4.68. The van der Waals surface area contributed by atoms with E-state index in [1.54, 1.807) is 0 Å². The molecule has 0 aliphatic carbocycles. The molecule has 1 aromatic heterocycles. The number of nitrogens with one attached hydrogen (secondary N) is 1. The number of hydrogen-bond donors (Lipinski definition) is 1. The average Bonchev–Trinajstić information content (AvgIpc) is 2.88. The summed E-state index contributed by atoms with van der Waals surface area (Å²) in [5.41, 5.74) is 3.94. The van der Waals surface area contributed by atoms with Crippen molar-refractivity contribution in [3.8, 4) is 0 Å². The third-order valence-corrected chi connectivity index (χ3v) is 3.79. The number of aromatic nitrogens is 2. The highest BCUT2D eigenvalue weighted by Gasteiger charge is 2.12. The molecule has 0 bridgehead atoms. The van der Waals surface area contributed by atoms with E-state index in [-0.39, 0.29) is 0 Å². The molecule has 0 aliphatic rings. The van der Waals surface area contributed by atoms with E-state index in [0.717, 1.165) is 19.4 Å². The lowest BCUT2D eigenvalue weighted by molar-refractivity contribution is 0.474. The second kappa shape index (κ2) is 7.41. The van der Waals surface area contributed by atoms with Gasteiger partial charge in [-0.1, -0.05) is 29.8 Å². The number of nitrogens with zero attached hydrogens (tertiary/aromatic N) is 2. The first-order valence-electron chi connectivity index (χ1n) is 7.82. The normalized spacial score (nSPS) is 12.8. The Morgan fingerprint density at radius 3 is 2.62 bits per heavy atom. The molecule has 21 heavy (non-hydrogen) atoms. The van der Waals surface area contributed by atoms with Crippen molar-refractivity contribution in [1.82, 2.24) is 15.1 Å². The second-order valence-corrected chi connectivity index (χ2v) is 6.20. The van der Waals surface area contributed by atoms with E-state index >= 15 is 0 Å². The third-order valence-electron chi connectivity index (χ3n) is 3.79. The van der Waals surface area contributed by atoms with E-state index in [1.165, 1.54) is 16.8 Å². The Balaban J connectivity index is 2.04. The molecule has 3 nitrogen and oxygen atoms in total. The van der Waals surface area contributed by atoms with Crippen LogP contribution in [0.25, 0.3) is 0 Å². The number of benzene rings is 1. The first-order chi connectivity index (χ1) is 10.1. The number of hydrogen-bond acceptors (Lipinski definition) is 2. The van der Waals surface area contributed by atoms with Gasteiger partial charge in [0.2, 0.25) is 0 Å². The smallest absolute Gasteiger partial charge is 0.0628 e. The fraction of sp³-hybridized carbons (Fsp3) is 0.500. The first-order valence-corrected chi connectivity index (χ1v) is 7.82. The molecule has 0 radical (unpaired) electrons. The van der Waals surface area contributed by atoms with E-state index in [9.17, 15) is 0 Å². The zero-order valence-corrected chi connectivity index (χ0v) is 13.6. The first kappa shape index (κ1) is 15.8. The molecule has 3 heteroatoms. The quantitative estimate of drug-likeness (QED) is 0.845. The van der Waals surface area contributed by atoms with Crippen LogP contribution in [0.2, 0.25) is 0 Å². The summed E-state index contributed by atoms with van der Waals surface area (Å²) >= 11 is 0. The van der Waals surface area contributed by atoms with Gasteiger partial charge >= 0.3 is 0 Å². The highest BCUT2D eigenvalue weighted by atomic mass is 15.3. The summed E-state index contributed by atoms with van der Waals surface area (Å²) < 4.78 is 2.04. The molecule has 114 valence electrons. The molecule has 2 aromatic rings. The van der Waals surface area contributed by atoms with Crippen LogP contribution in [-0.4, -0.2) is 23.4 Å². The Labute approximate surface area is 128 Å². The fourth-order valence-corrected chi connectivity index (χ4v) is 2.75. The van der Waals surface area contributed by atoms with Gasteiger partial charge in [-0.15, -0.1) is 0 Å². The highest BCUT2D eigenvalue weighted by molar-refractivity contribution is 5.23. The molecule has 2 rings (SSSR count). The topological polar surface area (TPSA) is 29.9 Å². The Morgan fingerprint density at radius 2 is 2.00 bits per heavy atom. The summed E-state index contributed by atoms with van der Waals surface area (Å²) in [6.07, 6.45) is 4.20. The second-order valence-electron chi connectivity index (χ2n) is 6.20. The van der Waals surface area contributed by atoms with Gasteiger partial charge < -0.3 is 5.32 Å². The lowest BCUT2D eigenvalue weighted by Crippen LogP contribution is -2.23.